The average molecular weight is 164 g/mol. The summed E-state index contributed by atoms with van der Waals surface area (Å²) in [5.41, 5.74) is 0. The van der Waals surface area contributed by atoms with Gasteiger partial charge in [0.15, 0.2) is 9.84 Å². The molecule has 0 unspecified atom stereocenters. The zero-order valence-electron chi connectivity index (χ0n) is 6.16. The van der Waals surface area contributed by atoms with Crippen LogP contribution in [0.4, 0.5) is 0 Å². The fourth-order valence-corrected chi connectivity index (χ4v) is 1.81. The fourth-order valence-electron chi connectivity index (χ4n) is 0.603. The number of aliphatic hydroxyl groups excluding tert-OH is 1. The lowest BCUT2D eigenvalue weighted by Gasteiger charge is -1.93. The lowest BCUT2D eigenvalue weighted by Crippen LogP contribution is -2.01. The van der Waals surface area contributed by atoms with Crippen LogP contribution in [0.25, 0.3) is 0 Å². The third-order valence-electron chi connectivity index (χ3n) is 0.839. The van der Waals surface area contributed by atoms with Gasteiger partial charge in [0, 0.05) is 0 Å². The van der Waals surface area contributed by atoms with Gasteiger partial charge in [0.25, 0.3) is 0 Å². The van der Waals surface area contributed by atoms with Crippen LogP contribution < -0.4 is 0 Å². The van der Waals surface area contributed by atoms with Crippen molar-refractivity contribution in [3.05, 3.63) is 11.2 Å². The maximum Gasteiger partial charge on any atom is 0.174 e. The van der Waals surface area contributed by atoms with E-state index in [1.54, 1.807) is 6.92 Å². The second-order valence-corrected chi connectivity index (χ2v) is 4.10. The minimum absolute atomic E-state index is 0.102. The molecular formula is C6H12O3S. The molecule has 0 aliphatic carbocycles. The molecule has 0 rings (SSSR count). The molecule has 0 saturated heterocycles. The Kier molecular flexibility index (Phi) is 3.42. The third-order valence-corrected chi connectivity index (χ3v) is 2.52. The predicted octanol–water partition coefficient (Wildman–Crippen LogP) is 1.23. The Morgan fingerprint density at radius 1 is 1.60 bits per heavy atom. The molecule has 0 bridgehead atoms. The lowest BCUT2D eigenvalue weighted by atomic mass is 10.6. The standard InChI is InChI=1S/C6H12O3S/c1-3-4-10(8,9)5-6(2)7/h5,7H,3-4H2,1-2H3. The summed E-state index contributed by atoms with van der Waals surface area (Å²) in [6, 6.07) is 0. The molecule has 0 aromatic heterocycles. The Balaban J connectivity index is 4.30. The Labute approximate surface area is 61.3 Å². The molecule has 0 fully saturated rings. The van der Waals surface area contributed by atoms with Gasteiger partial charge in [0.05, 0.1) is 11.2 Å². The lowest BCUT2D eigenvalue weighted by molar-refractivity contribution is 0.415. The van der Waals surface area contributed by atoms with E-state index >= 15 is 0 Å². The Bertz CT molecular complexity index is 209. The van der Waals surface area contributed by atoms with Crippen molar-refractivity contribution in [1.82, 2.24) is 0 Å². The monoisotopic (exact) mass is 164 g/mol. The van der Waals surface area contributed by atoms with E-state index in [1.165, 1.54) is 6.92 Å². The van der Waals surface area contributed by atoms with Crippen molar-refractivity contribution in [2.45, 2.75) is 20.3 Å². The minimum atomic E-state index is -3.14. The second kappa shape index (κ2) is 3.61. The molecule has 0 radical (unpaired) electrons. The highest BCUT2D eigenvalue weighted by Gasteiger charge is 2.04. The molecule has 3 nitrogen and oxygen atoms in total. The summed E-state index contributed by atoms with van der Waals surface area (Å²) in [4.78, 5) is 0. The van der Waals surface area contributed by atoms with Crippen molar-refractivity contribution in [2.24, 2.45) is 0 Å². The largest absolute Gasteiger partial charge is 0.512 e. The van der Waals surface area contributed by atoms with Crippen molar-refractivity contribution < 1.29 is 13.5 Å². The van der Waals surface area contributed by atoms with E-state index in [2.05, 4.69) is 0 Å². The van der Waals surface area contributed by atoms with Gasteiger partial charge in [-0.05, 0) is 13.3 Å². The molecule has 0 aromatic carbocycles. The SMILES string of the molecule is CCCS(=O)(=O)C=C(C)O. The highest BCUT2D eigenvalue weighted by atomic mass is 32.2. The molecule has 0 saturated carbocycles. The molecule has 1 N–H and O–H groups in total. The van der Waals surface area contributed by atoms with E-state index in [4.69, 9.17) is 5.11 Å². The van der Waals surface area contributed by atoms with Gasteiger partial charge in [-0.3, -0.25) is 0 Å². The van der Waals surface area contributed by atoms with Gasteiger partial charge < -0.3 is 5.11 Å². The van der Waals surface area contributed by atoms with Crippen LogP contribution in [0.2, 0.25) is 0 Å². The normalized spacial score (nSPS) is 13.6. The van der Waals surface area contributed by atoms with Crippen LogP contribution in [-0.4, -0.2) is 19.3 Å². The molecule has 0 spiro atoms. The molecule has 60 valence electrons. The van der Waals surface area contributed by atoms with Crippen LogP contribution in [0.5, 0.6) is 0 Å². The van der Waals surface area contributed by atoms with Gasteiger partial charge in [-0.15, -0.1) is 0 Å². The second-order valence-electron chi connectivity index (χ2n) is 2.13. The number of aliphatic hydroxyl groups is 1. The van der Waals surface area contributed by atoms with Crippen LogP contribution in [0.15, 0.2) is 11.2 Å². The molecule has 0 amide bonds. The number of sulfone groups is 1. The zero-order valence-corrected chi connectivity index (χ0v) is 6.98. The van der Waals surface area contributed by atoms with Crippen LogP contribution in [0.3, 0.4) is 0 Å². The first-order chi connectivity index (χ1) is 4.48. The maximum atomic E-state index is 10.8. The van der Waals surface area contributed by atoms with Gasteiger partial charge >= 0.3 is 0 Å². The quantitative estimate of drug-likeness (QED) is 0.638. The van der Waals surface area contributed by atoms with Crippen LogP contribution >= 0.6 is 0 Å². The topological polar surface area (TPSA) is 54.4 Å². The highest BCUT2D eigenvalue weighted by Crippen LogP contribution is 1.98. The van der Waals surface area contributed by atoms with Gasteiger partial charge in [0.2, 0.25) is 0 Å². The average Bonchev–Trinajstić information content (AvgIpc) is 1.59. The summed E-state index contributed by atoms with van der Waals surface area (Å²) in [5.74, 6) is -0.0568. The van der Waals surface area contributed by atoms with Crippen molar-refractivity contribution in [2.75, 3.05) is 5.75 Å². The Morgan fingerprint density at radius 2 is 2.10 bits per heavy atom. The van der Waals surface area contributed by atoms with Gasteiger partial charge in [-0.2, -0.15) is 0 Å². The first-order valence-electron chi connectivity index (χ1n) is 3.08. The van der Waals surface area contributed by atoms with E-state index in [9.17, 15) is 8.42 Å². The molecule has 10 heavy (non-hydrogen) atoms. The predicted molar refractivity (Wildman–Crippen MR) is 40.5 cm³/mol. The summed E-state index contributed by atoms with van der Waals surface area (Å²) < 4.78 is 21.6. The van der Waals surface area contributed by atoms with E-state index in [-0.39, 0.29) is 11.5 Å². The summed E-state index contributed by atoms with van der Waals surface area (Å²) in [6.45, 7) is 3.12. The highest BCUT2D eigenvalue weighted by molar-refractivity contribution is 7.94. The summed E-state index contributed by atoms with van der Waals surface area (Å²) in [7, 11) is -3.14. The molecule has 0 aliphatic rings. The number of rotatable bonds is 3. The smallest absolute Gasteiger partial charge is 0.174 e. The minimum Gasteiger partial charge on any atom is -0.512 e. The number of hydrogen-bond donors (Lipinski definition) is 1. The first-order valence-corrected chi connectivity index (χ1v) is 4.79. The van der Waals surface area contributed by atoms with Crippen molar-refractivity contribution in [3.63, 3.8) is 0 Å². The fraction of sp³-hybridized carbons (Fsp3) is 0.667. The van der Waals surface area contributed by atoms with Crippen LogP contribution in [-0.2, 0) is 9.84 Å². The van der Waals surface area contributed by atoms with E-state index in [0.717, 1.165) is 5.41 Å². The maximum absolute atomic E-state index is 10.8. The Hall–Kier alpha value is -0.510. The molecule has 0 atom stereocenters. The van der Waals surface area contributed by atoms with Gasteiger partial charge in [-0.1, -0.05) is 6.92 Å². The zero-order chi connectivity index (χ0) is 8.20. The first kappa shape index (κ1) is 9.49. The van der Waals surface area contributed by atoms with Gasteiger partial charge in [0.1, 0.15) is 5.76 Å². The van der Waals surface area contributed by atoms with Gasteiger partial charge in [-0.25, -0.2) is 8.42 Å². The summed E-state index contributed by atoms with van der Waals surface area (Å²) >= 11 is 0. The van der Waals surface area contributed by atoms with E-state index in [0.29, 0.717) is 6.42 Å². The van der Waals surface area contributed by atoms with Crippen molar-refractivity contribution >= 4 is 9.84 Å². The molecule has 0 heterocycles. The molecule has 4 heteroatoms. The van der Waals surface area contributed by atoms with E-state index in [1.807, 2.05) is 0 Å². The summed E-state index contributed by atoms with van der Waals surface area (Å²) in [6.07, 6.45) is 0.576. The van der Waals surface area contributed by atoms with E-state index < -0.39 is 9.84 Å². The third kappa shape index (κ3) is 4.38. The van der Waals surface area contributed by atoms with Crippen molar-refractivity contribution in [3.8, 4) is 0 Å². The summed E-state index contributed by atoms with van der Waals surface area (Å²) in [5, 5.41) is 9.48. The molecule has 0 aromatic rings. The number of hydrogen-bond acceptors (Lipinski definition) is 3. The molecule has 0 aliphatic heterocycles. The van der Waals surface area contributed by atoms with Crippen molar-refractivity contribution in [1.29, 1.82) is 0 Å². The molecular weight excluding hydrogens is 152 g/mol. The number of allylic oxidation sites excluding steroid dienone is 1. The Morgan fingerprint density at radius 3 is 2.40 bits per heavy atom. The van der Waals surface area contributed by atoms with Crippen LogP contribution in [0.1, 0.15) is 20.3 Å². The van der Waals surface area contributed by atoms with Crippen LogP contribution in [0, 0.1) is 0 Å².